The molecule has 102 valence electrons. The SMILES string of the molecule is CC(Cc1ccsc1)n1c(-c2ccccc2)c[nH]c1=S. The Balaban J connectivity index is 1.97. The molecule has 0 radical (unpaired) electrons. The number of rotatable bonds is 4. The smallest absolute Gasteiger partial charge is 0.177 e. The first kappa shape index (κ1) is 13.3. The Kier molecular flexibility index (Phi) is 3.85. The predicted molar refractivity (Wildman–Crippen MR) is 87.8 cm³/mol. The number of imidazole rings is 1. The Hall–Kier alpha value is -1.65. The van der Waals surface area contributed by atoms with E-state index >= 15 is 0 Å². The summed E-state index contributed by atoms with van der Waals surface area (Å²) < 4.78 is 2.99. The first-order valence-electron chi connectivity index (χ1n) is 6.62. The maximum absolute atomic E-state index is 5.45. The molecule has 1 unspecified atom stereocenters. The van der Waals surface area contributed by atoms with Crippen molar-refractivity contribution < 1.29 is 0 Å². The monoisotopic (exact) mass is 300 g/mol. The summed E-state index contributed by atoms with van der Waals surface area (Å²) in [5.74, 6) is 0. The lowest BCUT2D eigenvalue weighted by Gasteiger charge is -2.16. The fraction of sp³-hybridized carbons (Fsp3) is 0.188. The average molecular weight is 300 g/mol. The van der Waals surface area contributed by atoms with Crippen LogP contribution in [0.1, 0.15) is 18.5 Å². The molecule has 2 heterocycles. The minimum Gasteiger partial charge on any atom is -0.337 e. The summed E-state index contributed by atoms with van der Waals surface area (Å²) >= 11 is 7.20. The summed E-state index contributed by atoms with van der Waals surface area (Å²) in [7, 11) is 0. The van der Waals surface area contributed by atoms with Gasteiger partial charge in [-0.1, -0.05) is 30.3 Å². The van der Waals surface area contributed by atoms with Crippen molar-refractivity contribution >= 4 is 23.6 Å². The van der Waals surface area contributed by atoms with E-state index in [1.165, 1.54) is 11.1 Å². The van der Waals surface area contributed by atoms with Crippen LogP contribution in [0.2, 0.25) is 0 Å². The van der Waals surface area contributed by atoms with Gasteiger partial charge >= 0.3 is 0 Å². The molecular formula is C16H16N2S2. The lowest BCUT2D eigenvalue weighted by atomic mass is 10.1. The van der Waals surface area contributed by atoms with Gasteiger partial charge in [0.05, 0.1) is 5.69 Å². The largest absolute Gasteiger partial charge is 0.337 e. The molecule has 0 amide bonds. The number of thiophene rings is 1. The van der Waals surface area contributed by atoms with E-state index in [1.807, 2.05) is 12.3 Å². The number of nitrogens with one attached hydrogen (secondary N) is 1. The first-order valence-corrected chi connectivity index (χ1v) is 7.97. The standard InChI is InChI=1S/C16H16N2S2/c1-12(9-13-7-8-20-11-13)18-15(10-17-16(18)19)14-5-3-2-4-6-14/h2-8,10-12H,9H2,1H3,(H,17,19). The van der Waals surface area contributed by atoms with Crippen molar-refractivity contribution in [2.24, 2.45) is 0 Å². The lowest BCUT2D eigenvalue weighted by Crippen LogP contribution is -2.09. The van der Waals surface area contributed by atoms with E-state index in [0.717, 1.165) is 16.9 Å². The Bertz CT molecular complexity index is 723. The summed E-state index contributed by atoms with van der Waals surface area (Å²) in [6.45, 7) is 2.22. The van der Waals surface area contributed by atoms with E-state index in [2.05, 4.69) is 57.6 Å². The zero-order valence-electron chi connectivity index (χ0n) is 11.2. The molecule has 0 fully saturated rings. The fourth-order valence-corrected chi connectivity index (χ4v) is 3.51. The van der Waals surface area contributed by atoms with Crippen LogP contribution in [0.5, 0.6) is 0 Å². The number of nitrogens with zero attached hydrogens (tertiary/aromatic N) is 1. The third-order valence-corrected chi connectivity index (χ3v) is 4.48. The minimum atomic E-state index is 0.332. The van der Waals surface area contributed by atoms with Gasteiger partial charge in [0, 0.05) is 12.2 Å². The number of hydrogen-bond acceptors (Lipinski definition) is 2. The molecule has 0 spiro atoms. The number of benzene rings is 1. The molecule has 0 aliphatic carbocycles. The zero-order valence-corrected chi connectivity index (χ0v) is 12.9. The molecular weight excluding hydrogens is 284 g/mol. The zero-order chi connectivity index (χ0) is 13.9. The van der Waals surface area contributed by atoms with Gasteiger partial charge in [0.1, 0.15) is 0 Å². The lowest BCUT2D eigenvalue weighted by molar-refractivity contribution is 0.544. The molecule has 1 aromatic carbocycles. The molecule has 2 nitrogen and oxygen atoms in total. The predicted octanol–water partition coefficient (Wildman–Crippen LogP) is 5.08. The molecule has 0 saturated carbocycles. The van der Waals surface area contributed by atoms with Crippen LogP contribution in [0, 0.1) is 4.77 Å². The van der Waals surface area contributed by atoms with Gasteiger partial charge in [-0.3, -0.25) is 0 Å². The van der Waals surface area contributed by atoms with E-state index in [9.17, 15) is 0 Å². The molecule has 1 atom stereocenters. The molecule has 3 rings (SSSR count). The van der Waals surface area contributed by atoms with Crippen LogP contribution in [0.15, 0.2) is 53.4 Å². The molecule has 4 heteroatoms. The molecule has 3 aromatic rings. The Morgan fingerprint density at radius 2 is 2.05 bits per heavy atom. The quantitative estimate of drug-likeness (QED) is 0.666. The van der Waals surface area contributed by atoms with Crippen LogP contribution in [0.4, 0.5) is 0 Å². The second-order valence-corrected chi connectivity index (χ2v) is 6.07. The third-order valence-electron chi connectivity index (χ3n) is 3.43. The van der Waals surface area contributed by atoms with Gasteiger partial charge in [0.15, 0.2) is 4.77 Å². The van der Waals surface area contributed by atoms with E-state index in [1.54, 1.807) is 11.3 Å². The second kappa shape index (κ2) is 5.77. The average Bonchev–Trinajstić information content (AvgIpc) is 3.09. The topological polar surface area (TPSA) is 20.7 Å². The maximum atomic E-state index is 5.45. The fourth-order valence-electron chi connectivity index (χ4n) is 2.49. The van der Waals surface area contributed by atoms with Crippen LogP contribution >= 0.6 is 23.6 Å². The Morgan fingerprint density at radius 3 is 2.75 bits per heavy atom. The van der Waals surface area contributed by atoms with Crippen LogP contribution in [-0.2, 0) is 6.42 Å². The van der Waals surface area contributed by atoms with Crippen molar-refractivity contribution in [3.05, 3.63) is 63.7 Å². The highest BCUT2D eigenvalue weighted by Crippen LogP contribution is 2.25. The molecule has 0 aliphatic heterocycles. The summed E-state index contributed by atoms with van der Waals surface area (Å²) in [5, 5.41) is 4.32. The van der Waals surface area contributed by atoms with E-state index < -0.39 is 0 Å². The molecule has 20 heavy (non-hydrogen) atoms. The molecule has 0 bridgehead atoms. The van der Waals surface area contributed by atoms with Crippen molar-refractivity contribution in [2.45, 2.75) is 19.4 Å². The third kappa shape index (κ3) is 2.62. The van der Waals surface area contributed by atoms with Gasteiger partial charge in [-0.25, -0.2) is 0 Å². The van der Waals surface area contributed by atoms with Crippen molar-refractivity contribution in [3.8, 4) is 11.3 Å². The highest BCUT2D eigenvalue weighted by molar-refractivity contribution is 7.71. The van der Waals surface area contributed by atoms with Crippen LogP contribution < -0.4 is 0 Å². The van der Waals surface area contributed by atoms with Crippen molar-refractivity contribution in [2.75, 3.05) is 0 Å². The number of aromatic amines is 1. The van der Waals surface area contributed by atoms with Crippen molar-refractivity contribution in [1.29, 1.82) is 0 Å². The minimum absolute atomic E-state index is 0.332. The summed E-state index contributed by atoms with van der Waals surface area (Å²) in [4.78, 5) is 3.18. The van der Waals surface area contributed by atoms with E-state index in [-0.39, 0.29) is 0 Å². The second-order valence-electron chi connectivity index (χ2n) is 4.90. The summed E-state index contributed by atoms with van der Waals surface area (Å²) in [6.07, 6.45) is 3.00. The normalized spacial score (nSPS) is 12.4. The number of hydrogen-bond donors (Lipinski definition) is 1. The van der Waals surface area contributed by atoms with Crippen LogP contribution in [-0.4, -0.2) is 9.55 Å². The first-order chi connectivity index (χ1) is 9.75. The highest BCUT2D eigenvalue weighted by Gasteiger charge is 2.13. The maximum Gasteiger partial charge on any atom is 0.177 e. The Labute approximate surface area is 127 Å². The number of H-pyrrole nitrogens is 1. The van der Waals surface area contributed by atoms with Gasteiger partial charge in [-0.05, 0) is 53.5 Å². The van der Waals surface area contributed by atoms with Crippen molar-refractivity contribution in [3.63, 3.8) is 0 Å². The van der Waals surface area contributed by atoms with E-state index in [0.29, 0.717) is 6.04 Å². The summed E-state index contributed by atoms with van der Waals surface area (Å²) in [5.41, 5.74) is 3.71. The van der Waals surface area contributed by atoms with E-state index in [4.69, 9.17) is 12.2 Å². The van der Waals surface area contributed by atoms with Crippen LogP contribution in [0.25, 0.3) is 11.3 Å². The molecule has 0 aliphatic rings. The molecule has 0 saturated heterocycles. The number of aromatic nitrogens is 2. The van der Waals surface area contributed by atoms with Crippen molar-refractivity contribution in [1.82, 2.24) is 9.55 Å². The Morgan fingerprint density at radius 1 is 1.25 bits per heavy atom. The highest BCUT2D eigenvalue weighted by atomic mass is 32.1. The van der Waals surface area contributed by atoms with Gasteiger partial charge in [-0.2, -0.15) is 11.3 Å². The van der Waals surface area contributed by atoms with Gasteiger partial charge < -0.3 is 9.55 Å². The molecule has 1 N–H and O–H groups in total. The summed E-state index contributed by atoms with van der Waals surface area (Å²) in [6, 6.07) is 12.9. The van der Waals surface area contributed by atoms with Crippen LogP contribution in [0.3, 0.4) is 0 Å². The van der Waals surface area contributed by atoms with Gasteiger partial charge in [0.2, 0.25) is 0 Å². The van der Waals surface area contributed by atoms with Gasteiger partial charge in [0.25, 0.3) is 0 Å². The van der Waals surface area contributed by atoms with Gasteiger partial charge in [-0.15, -0.1) is 0 Å². The molecule has 2 aromatic heterocycles.